The van der Waals surface area contributed by atoms with Gasteiger partial charge >= 0.3 is 11.9 Å². The maximum Gasteiger partial charge on any atom is 0.330 e. The molecule has 0 bridgehead atoms. The zero-order valence-corrected chi connectivity index (χ0v) is 11.0. The van der Waals surface area contributed by atoms with Crippen molar-refractivity contribution in [1.29, 1.82) is 0 Å². The molecule has 0 aliphatic heterocycles. The van der Waals surface area contributed by atoms with Gasteiger partial charge in [0.1, 0.15) is 0 Å². The molecule has 1 rings (SSSR count). The maximum absolute atomic E-state index is 11.1. The second-order valence-corrected chi connectivity index (χ2v) is 4.72. The summed E-state index contributed by atoms with van der Waals surface area (Å²) >= 11 is 1.38. The van der Waals surface area contributed by atoms with Crippen LogP contribution in [0.3, 0.4) is 0 Å². The average molecular weight is 269 g/mol. The van der Waals surface area contributed by atoms with E-state index in [0.717, 1.165) is 4.88 Å². The second-order valence-electron chi connectivity index (χ2n) is 3.77. The van der Waals surface area contributed by atoms with E-state index in [9.17, 15) is 9.59 Å². The fourth-order valence-electron chi connectivity index (χ4n) is 1.47. The van der Waals surface area contributed by atoms with Crippen molar-refractivity contribution in [2.75, 3.05) is 7.11 Å². The predicted molar refractivity (Wildman–Crippen MR) is 68.4 cm³/mol. The summed E-state index contributed by atoms with van der Waals surface area (Å²) in [6.45, 7) is 1.71. The van der Waals surface area contributed by atoms with Gasteiger partial charge in [-0.15, -0.1) is 11.3 Å². The highest BCUT2D eigenvalue weighted by atomic mass is 32.1. The Morgan fingerprint density at radius 1 is 1.61 bits per heavy atom. The minimum atomic E-state index is -0.906. The fourth-order valence-corrected chi connectivity index (χ4v) is 2.47. The molecule has 18 heavy (non-hydrogen) atoms. The second kappa shape index (κ2) is 6.32. The summed E-state index contributed by atoms with van der Waals surface area (Å²) < 4.78 is 4.52. The molecule has 0 aliphatic rings. The molecular formula is C12H15NO4S. The Labute approximate surface area is 109 Å². The third-order valence-corrected chi connectivity index (χ3v) is 3.48. The van der Waals surface area contributed by atoms with Gasteiger partial charge in [-0.3, -0.25) is 4.79 Å². The Balaban J connectivity index is 2.93. The summed E-state index contributed by atoms with van der Waals surface area (Å²) in [6, 6.07) is 1.25. The van der Waals surface area contributed by atoms with Gasteiger partial charge in [-0.1, -0.05) is 0 Å². The number of rotatable bonds is 5. The molecule has 6 heteroatoms. The van der Waals surface area contributed by atoms with Crippen LogP contribution in [0.15, 0.2) is 23.1 Å². The van der Waals surface area contributed by atoms with Crippen LogP contribution < -0.4 is 5.73 Å². The normalized spacial score (nSPS) is 13.2. The smallest absolute Gasteiger partial charge is 0.330 e. The molecule has 0 amide bonds. The molecule has 1 unspecified atom stereocenters. The number of carboxylic acids is 1. The van der Waals surface area contributed by atoms with Crippen LogP contribution in [0.25, 0.3) is 0 Å². The number of ether oxygens (including phenoxy) is 1. The van der Waals surface area contributed by atoms with Gasteiger partial charge in [-0.2, -0.15) is 0 Å². The van der Waals surface area contributed by atoms with Crippen LogP contribution in [0.5, 0.6) is 0 Å². The van der Waals surface area contributed by atoms with Crippen LogP contribution in [-0.4, -0.2) is 24.2 Å². The van der Waals surface area contributed by atoms with Crippen molar-refractivity contribution in [3.63, 3.8) is 0 Å². The first-order valence-electron chi connectivity index (χ1n) is 5.25. The molecule has 98 valence electrons. The Bertz CT molecular complexity index is 478. The quantitative estimate of drug-likeness (QED) is 0.624. The van der Waals surface area contributed by atoms with Crippen LogP contribution in [-0.2, 0) is 20.7 Å². The van der Waals surface area contributed by atoms with Crippen molar-refractivity contribution >= 4 is 23.3 Å². The van der Waals surface area contributed by atoms with Gasteiger partial charge in [0, 0.05) is 11.0 Å². The number of carbonyl (C=O) groups is 2. The molecule has 0 saturated carbocycles. The van der Waals surface area contributed by atoms with Crippen molar-refractivity contribution in [2.45, 2.75) is 19.4 Å². The number of nitrogens with two attached hydrogens (primary N) is 1. The van der Waals surface area contributed by atoms with E-state index in [4.69, 9.17) is 10.8 Å². The summed E-state index contributed by atoms with van der Waals surface area (Å²) in [5, 5.41) is 10.6. The van der Waals surface area contributed by atoms with Crippen LogP contribution >= 0.6 is 11.3 Å². The minimum Gasteiger partial charge on any atom is -0.481 e. The van der Waals surface area contributed by atoms with Gasteiger partial charge in [0.15, 0.2) is 0 Å². The highest BCUT2D eigenvalue weighted by Crippen LogP contribution is 2.28. The molecule has 0 aromatic carbocycles. The van der Waals surface area contributed by atoms with Crippen molar-refractivity contribution in [2.24, 2.45) is 5.73 Å². The largest absolute Gasteiger partial charge is 0.481 e. The van der Waals surface area contributed by atoms with Crippen LogP contribution in [0.2, 0.25) is 0 Å². The fraction of sp³-hybridized carbons (Fsp3) is 0.333. The molecular weight excluding hydrogens is 254 g/mol. The summed E-state index contributed by atoms with van der Waals surface area (Å²) in [6.07, 6.45) is 1.24. The van der Waals surface area contributed by atoms with Crippen molar-refractivity contribution in [1.82, 2.24) is 0 Å². The molecule has 0 aliphatic carbocycles. The number of carboxylic acid groups (broad SMARTS) is 1. The first-order valence-corrected chi connectivity index (χ1v) is 6.13. The van der Waals surface area contributed by atoms with Crippen molar-refractivity contribution in [3.05, 3.63) is 33.5 Å². The third kappa shape index (κ3) is 3.68. The lowest BCUT2D eigenvalue weighted by atomic mass is 10.0. The minimum absolute atomic E-state index is 0.0714. The van der Waals surface area contributed by atoms with Gasteiger partial charge in [-0.25, -0.2) is 4.79 Å². The Kier molecular flexibility index (Phi) is 5.06. The molecule has 5 nitrogen and oxygen atoms in total. The van der Waals surface area contributed by atoms with E-state index in [1.54, 1.807) is 18.4 Å². The van der Waals surface area contributed by atoms with E-state index in [2.05, 4.69) is 4.74 Å². The summed E-state index contributed by atoms with van der Waals surface area (Å²) in [4.78, 5) is 22.6. The molecule has 0 spiro atoms. The highest BCUT2D eigenvalue weighted by Gasteiger charge is 2.17. The lowest BCUT2D eigenvalue weighted by Crippen LogP contribution is -2.14. The summed E-state index contributed by atoms with van der Waals surface area (Å²) in [5.74, 6) is -1.38. The van der Waals surface area contributed by atoms with Crippen molar-refractivity contribution in [3.8, 4) is 0 Å². The van der Waals surface area contributed by atoms with Crippen LogP contribution in [0.1, 0.15) is 23.4 Å². The molecule has 1 aromatic heterocycles. The first-order chi connectivity index (χ1) is 8.45. The molecule has 1 aromatic rings. The van der Waals surface area contributed by atoms with E-state index >= 15 is 0 Å². The lowest BCUT2D eigenvalue weighted by Gasteiger charge is -2.12. The number of carbonyl (C=O) groups excluding carboxylic acids is 1. The molecule has 1 atom stereocenters. The van der Waals surface area contributed by atoms with Gasteiger partial charge in [0.2, 0.25) is 0 Å². The number of methoxy groups -OCH3 is 1. The standard InChI is InChI=1S/C12H15NO4S/c1-7(5-10(16)17-2)11(13)12-8(3-4-18-12)6-9(14)15/h3-5,11H,6,13H2,1-2H3,(H,14,15). The Morgan fingerprint density at radius 2 is 2.28 bits per heavy atom. The third-order valence-electron chi connectivity index (χ3n) is 2.44. The van der Waals surface area contributed by atoms with Crippen molar-refractivity contribution < 1.29 is 19.4 Å². The topological polar surface area (TPSA) is 89.6 Å². The average Bonchev–Trinajstić information content (AvgIpc) is 2.74. The van der Waals surface area contributed by atoms with E-state index in [0.29, 0.717) is 11.1 Å². The van der Waals surface area contributed by atoms with Gasteiger partial charge in [0.05, 0.1) is 19.6 Å². The number of aliphatic carboxylic acids is 1. The Morgan fingerprint density at radius 3 is 2.83 bits per heavy atom. The van der Waals surface area contributed by atoms with Gasteiger partial charge in [-0.05, 0) is 29.5 Å². The molecule has 3 N–H and O–H groups in total. The first kappa shape index (κ1) is 14.4. The molecule has 0 saturated heterocycles. The number of thiophene rings is 1. The van der Waals surface area contributed by atoms with E-state index in [-0.39, 0.29) is 6.42 Å². The van der Waals surface area contributed by atoms with E-state index < -0.39 is 18.0 Å². The number of esters is 1. The number of hydrogen-bond donors (Lipinski definition) is 2. The van der Waals surface area contributed by atoms with Crippen LogP contribution in [0.4, 0.5) is 0 Å². The summed E-state index contributed by atoms with van der Waals surface area (Å²) in [7, 11) is 1.29. The summed E-state index contributed by atoms with van der Waals surface area (Å²) in [5.41, 5.74) is 7.32. The zero-order valence-electron chi connectivity index (χ0n) is 10.2. The van der Waals surface area contributed by atoms with E-state index in [1.807, 2.05) is 0 Å². The van der Waals surface area contributed by atoms with Gasteiger partial charge in [0.25, 0.3) is 0 Å². The molecule has 1 heterocycles. The van der Waals surface area contributed by atoms with Gasteiger partial charge < -0.3 is 15.6 Å². The van der Waals surface area contributed by atoms with Crippen LogP contribution in [0, 0.1) is 0 Å². The predicted octanol–water partition coefficient (Wildman–Crippen LogP) is 1.49. The molecule has 0 fully saturated rings. The SMILES string of the molecule is COC(=O)C=C(C)C(N)c1sccc1CC(=O)O. The highest BCUT2D eigenvalue weighted by molar-refractivity contribution is 7.10. The number of hydrogen-bond acceptors (Lipinski definition) is 5. The lowest BCUT2D eigenvalue weighted by molar-refractivity contribution is -0.136. The molecule has 0 radical (unpaired) electrons. The maximum atomic E-state index is 11.1. The van der Waals surface area contributed by atoms with E-state index in [1.165, 1.54) is 24.5 Å². The zero-order chi connectivity index (χ0) is 13.7. The monoisotopic (exact) mass is 269 g/mol. The Hall–Kier alpha value is -1.66.